The Kier molecular flexibility index (Phi) is 5.35. The first-order valence-electron chi connectivity index (χ1n) is 4.41. The van der Waals surface area contributed by atoms with Gasteiger partial charge in [-0.3, -0.25) is 4.99 Å². The van der Waals surface area contributed by atoms with Crippen molar-refractivity contribution in [3.05, 3.63) is 24.9 Å². The van der Waals surface area contributed by atoms with Gasteiger partial charge in [-0.05, 0) is 31.3 Å². The van der Waals surface area contributed by atoms with E-state index in [2.05, 4.69) is 32.0 Å². The van der Waals surface area contributed by atoms with Gasteiger partial charge in [0, 0.05) is 11.9 Å². The van der Waals surface area contributed by atoms with Crippen molar-refractivity contribution >= 4 is 5.71 Å². The van der Waals surface area contributed by atoms with E-state index >= 15 is 0 Å². The van der Waals surface area contributed by atoms with Gasteiger partial charge in [0.15, 0.2) is 0 Å². The summed E-state index contributed by atoms with van der Waals surface area (Å²) in [6.45, 7) is 13.9. The Bertz CT molecular complexity index is 187. The van der Waals surface area contributed by atoms with E-state index in [-0.39, 0.29) is 0 Å². The number of rotatable bonds is 5. The van der Waals surface area contributed by atoms with Crippen LogP contribution in [0.2, 0.25) is 0 Å². The van der Waals surface area contributed by atoms with Crippen LogP contribution in [-0.4, -0.2) is 5.71 Å². The fraction of sp³-hybridized carbons (Fsp3) is 0.545. The van der Waals surface area contributed by atoms with Crippen LogP contribution >= 0.6 is 0 Å². The van der Waals surface area contributed by atoms with Gasteiger partial charge in [-0.25, -0.2) is 0 Å². The van der Waals surface area contributed by atoms with Crippen molar-refractivity contribution in [1.29, 1.82) is 0 Å². The van der Waals surface area contributed by atoms with Gasteiger partial charge in [0.25, 0.3) is 0 Å². The fourth-order valence-corrected chi connectivity index (χ4v) is 0.872. The number of hydrogen-bond donors (Lipinski definition) is 0. The summed E-state index contributed by atoms with van der Waals surface area (Å²) in [5, 5.41) is 0. The predicted octanol–water partition coefficient (Wildman–Crippen LogP) is 3.58. The summed E-state index contributed by atoms with van der Waals surface area (Å²) in [4.78, 5) is 4.08. The van der Waals surface area contributed by atoms with E-state index in [1.54, 1.807) is 6.20 Å². The van der Waals surface area contributed by atoms with Crippen LogP contribution in [0, 0.1) is 5.92 Å². The summed E-state index contributed by atoms with van der Waals surface area (Å²) in [6.07, 6.45) is 3.79. The lowest BCUT2D eigenvalue weighted by molar-refractivity contribution is 0.590. The average molecular weight is 165 g/mol. The van der Waals surface area contributed by atoms with Gasteiger partial charge in [-0.15, -0.1) is 0 Å². The molecule has 0 bridgehead atoms. The Morgan fingerprint density at radius 1 is 1.50 bits per heavy atom. The van der Waals surface area contributed by atoms with Crippen LogP contribution in [0.5, 0.6) is 0 Å². The Hall–Kier alpha value is -0.850. The maximum Gasteiger partial charge on any atom is 0.0398 e. The fourth-order valence-electron chi connectivity index (χ4n) is 0.872. The zero-order chi connectivity index (χ0) is 9.56. The highest BCUT2D eigenvalue weighted by Gasteiger charge is 1.99. The second kappa shape index (κ2) is 5.76. The van der Waals surface area contributed by atoms with Crippen LogP contribution in [0.25, 0.3) is 0 Å². The van der Waals surface area contributed by atoms with Crippen LogP contribution in [0.3, 0.4) is 0 Å². The molecule has 0 rings (SSSR count). The molecule has 0 aromatic rings. The van der Waals surface area contributed by atoms with Crippen LogP contribution in [-0.2, 0) is 0 Å². The highest BCUT2D eigenvalue weighted by Crippen LogP contribution is 2.11. The first-order chi connectivity index (χ1) is 5.57. The molecular formula is C11H19N. The average Bonchev–Trinajstić information content (AvgIpc) is 2.00. The quantitative estimate of drug-likeness (QED) is 0.552. The molecule has 68 valence electrons. The van der Waals surface area contributed by atoms with Gasteiger partial charge < -0.3 is 0 Å². The minimum atomic E-state index is 0.735. The predicted molar refractivity (Wildman–Crippen MR) is 56.5 cm³/mol. The van der Waals surface area contributed by atoms with Gasteiger partial charge in [0.2, 0.25) is 0 Å². The molecule has 0 aromatic heterocycles. The van der Waals surface area contributed by atoms with E-state index in [4.69, 9.17) is 0 Å². The monoisotopic (exact) mass is 165 g/mol. The van der Waals surface area contributed by atoms with Gasteiger partial charge in [-0.1, -0.05) is 27.0 Å². The largest absolute Gasteiger partial charge is 0.262 e. The topological polar surface area (TPSA) is 12.4 Å². The minimum absolute atomic E-state index is 0.735. The van der Waals surface area contributed by atoms with Crippen LogP contribution in [0.4, 0.5) is 0 Å². The van der Waals surface area contributed by atoms with Crippen molar-refractivity contribution < 1.29 is 0 Å². The molecule has 0 N–H and O–H groups in total. The van der Waals surface area contributed by atoms with Crippen molar-refractivity contribution in [2.24, 2.45) is 10.9 Å². The zero-order valence-corrected chi connectivity index (χ0v) is 8.43. The summed E-state index contributed by atoms with van der Waals surface area (Å²) in [6, 6.07) is 0. The first-order valence-corrected chi connectivity index (χ1v) is 4.41. The molecule has 12 heavy (non-hydrogen) atoms. The molecule has 0 aromatic carbocycles. The Balaban J connectivity index is 3.88. The van der Waals surface area contributed by atoms with Crippen molar-refractivity contribution in [2.75, 3.05) is 0 Å². The molecule has 1 nitrogen and oxygen atoms in total. The standard InChI is InChI=1S/C11H19N/c1-6-12-11(5)10(4)8-7-9(2)3/h6,9H,1,4,7-8H2,2-3,5H3. The van der Waals surface area contributed by atoms with E-state index in [0.29, 0.717) is 0 Å². The first kappa shape index (κ1) is 11.2. The van der Waals surface area contributed by atoms with Gasteiger partial charge in [0.05, 0.1) is 0 Å². The summed E-state index contributed by atoms with van der Waals surface area (Å²) >= 11 is 0. The molecule has 0 radical (unpaired) electrons. The molecule has 0 atom stereocenters. The Labute approximate surface area is 75.9 Å². The van der Waals surface area contributed by atoms with E-state index in [1.165, 1.54) is 6.42 Å². The molecule has 0 aliphatic heterocycles. The third-order valence-corrected chi connectivity index (χ3v) is 1.82. The van der Waals surface area contributed by atoms with Crippen molar-refractivity contribution in [2.45, 2.75) is 33.6 Å². The molecular weight excluding hydrogens is 146 g/mol. The maximum atomic E-state index is 4.08. The number of aliphatic imine (C=N–C) groups is 1. The summed E-state index contributed by atoms with van der Waals surface area (Å²) in [7, 11) is 0. The maximum absolute atomic E-state index is 4.08. The SMILES string of the molecule is C=CN=C(C)C(=C)CCC(C)C. The molecule has 0 amide bonds. The molecule has 0 saturated carbocycles. The highest BCUT2D eigenvalue weighted by atomic mass is 14.7. The minimum Gasteiger partial charge on any atom is -0.262 e. The normalized spacial score (nSPS) is 11.8. The van der Waals surface area contributed by atoms with Crippen molar-refractivity contribution in [1.82, 2.24) is 0 Å². The molecule has 0 unspecified atom stereocenters. The van der Waals surface area contributed by atoms with Crippen LogP contribution < -0.4 is 0 Å². The number of nitrogens with zero attached hydrogens (tertiary/aromatic N) is 1. The Morgan fingerprint density at radius 2 is 2.08 bits per heavy atom. The van der Waals surface area contributed by atoms with E-state index in [9.17, 15) is 0 Å². The molecule has 0 aliphatic carbocycles. The van der Waals surface area contributed by atoms with E-state index in [0.717, 1.165) is 23.6 Å². The molecule has 0 saturated heterocycles. The van der Waals surface area contributed by atoms with E-state index in [1.807, 2.05) is 6.92 Å². The van der Waals surface area contributed by atoms with Gasteiger partial charge >= 0.3 is 0 Å². The van der Waals surface area contributed by atoms with Crippen molar-refractivity contribution in [3.8, 4) is 0 Å². The lowest BCUT2D eigenvalue weighted by Crippen LogP contribution is -1.97. The van der Waals surface area contributed by atoms with E-state index < -0.39 is 0 Å². The summed E-state index contributed by atoms with van der Waals surface area (Å²) in [5.74, 6) is 0.735. The van der Waals surface area contributed by atoms with Crippen molar-refractivity contribution in [3.63, 3.8) is 0 Å². The number of allylic oxidation sites excluding steroid dienone is 1. The molecule has 0 aliphatic rings. The molecule has 0 heterocycles. The zero-order valence-electron chi connectivity index (χ0n) is 8.43. The van der Waals surface area contributed by atoms with Gasteiger partial charge in [0.1, 0.15) is 0 Å². The smallest absolute Gasteiger partial charge is 0.0398 e. The summed E-state index contributed by atoms with van der Waals surface area (Å²) < 4.78 is 0. The number of hydrogen-bond acceptors (Lipinski definition) is 1. The highest BCUT2D eigenvalue weighted by molar-refractivity contribution is 5.97. The van der Waals surface area contributed by atoms with Crippen LogP contribution in [0.1, 0.15) is 33.6 Å². The molecule has 0 fully saturated rings. The third kappa shape index (κ3) is 4.89. The molecule has 1 heteroatoms. The summed E-state index contributed by atoms with van der Waals surface area (Å²) in [5.41, 5.74) is 2.13. The lowest BCUT2D eigenvalue weighted by Gasteiger charge is -2.06. The van der Waals surface area contributed by atoms with Crippen LogP contribution in [0.15, 0.2) is 29.9 Å². The van der Waals surface area contributed by atoms with Gasteiger partial charge in [-0.2, -0.15) is 0 Å². The Morgan fingerprint density at radius 3 is 2.50 bits per heavy atom. The third-order valence-electron chi connectivity index (χ3n) is 1.82. The second-order valence-corrected chi connectivity index (χ2v) is 3.43. The lowest BCUT2D eigenvalue weighted by atomic mass is 10.0. The second-order valence-electron chi connectivity index (χ2n) is 3.43. The molecule has 0 spiro atoms.